The third kappa shape index (κ3) is 4.02. The van der Waals surface area contributed by atoms with Gasteiger partial charge in [-0.2, -0.15) is 0 Å². The van der Waals surface area contributed by atoms with E-state index < -0.39 is 12.7 Å². The van der Waals surface area contributed by atoms with Crippen molar-refractivity contribution in [3.8, 4) is 0 Å². The van der Waals surface area contributed by atoms with Gasteiger partial charge >= 0.3 is 7.12 Å². The molecule has 1 saturated heterocycles. The van der Waals surface area contributed by atoms with Crippen molar-refractivity contribution in [3.05, 3.63) is 34.9 Å². The van der Waals surface area contributed by atoms with Gasteiger partial charge in [0.2, 0.25) is 5.91 Å². The van der Waals surface area contributed by atoms with Crippen molar-refractivity contribution < 1.29 is 14.1 Å². The van der Waals surface area contributed by atoms with Gasteiger partial charge in [-0.1, -0.05) is 37.6 Å². The minimum Gasteiger partial charge on any atom is -0.404 e. The van der Waals surface area contributed by atoms with Crippen LogP contribution in [0.25, 0.3) is 0 Å². The molecular weight excluding hydrogens is 422 g/mol. The topological polar surface area (TPSA) is 73.6 Å². The summed E-state index contributed by atoms with van der Waals surface area (Å²) in [5.74, 6) is 0.615. The predicted molar refractivity (Wildman–Crippen MR) is 123 cm³/mol. The lowest BCUT2D eigenvalue weighted by atomic mass is 9.43. The van der Waals surface area contributed by atoms with Crippen LogP contribution in [0, 0.1) is 17.3 Å². The lowest BCUT2D eigenvalue weighted by Gasteiger charge is -2.64. The Morgan fingerprint density at radius 2 is 1.93 bits per heavy atom. The molecule has 3 aliphatic carbocycles. The molecule has 0 aromatic heterocycles. The second kappa shape index (κ2) is 7.97. The van der Waals surface area contributed by atoms with Crippen LogP contribution in [0.3, 0.4) is 0 Å². The van der Waals surface area contributed by atoms with Gasteiger partial charge in [0, 0.05) is 5.02 Å². The van der Waals surface area contributed by atoms with Crippen LogP contribution in [-0.4, -0.2) is 36.2 Å². The number of nitrogens with two attached hydrogens (primary N) is 1. The van der Waals surface area contributed by atoms with E-state index in [-0.39, 0.29) is 41.4 Å². The van der Waals surface area contributed by atoms with E-state index >= 15 is 0 Å². The first-order valence-corrected chi connectivity index (χ1v) is 11.0. The summed E-state index contributed by atoms with van der Waals surface area (Å²) in [6.07, 6.45) is 2.87. The number of carbonyl (C=O) groups is 1. The van der Waals surface area contributed by atoms with Crippen LogP contribution in [0.2, 0.25) is 5.02 Å². The van der Waals surface area contributed by atoms with E-state index in [1.165, 1.54) is 6.42 Å². The van der Waals surface area contributed by atoms with Crippen LogP contribution in [-0.2, 0) is 20.5 Å². The summed E-state index contributed by atoms with van der Waals surface area (Å²) in [4.78, 5) is 12.7. The van der Waals surface area contributed by atoms with Crippen molar-refractivity contribution in [1.82, 2.24) is 5.32 Å². The summed E-state index contributed by atoms with van der Waals surface area (Å²) < 4.78 is 13.0. The fraction of sp³-hybridized carbons (Fsp3) is 0.682. The van der Waals surface area contributed by atoms with E-state index in [1.807, 2.05) is 24.3 Å². The van der Waals surface area contributed by atoms with Crippen molar-refractivity contribution in [1.29, 1.82) is 0 Å². The fourth-order valence-electron chi connectivity index (χ4n) is 5.52. The molecular formula is C22H33BCl2N2O3. The van der Waals surface area contributed by atoms with E-state index in [2.05, 4.69) is 26.1 Å². The molecule has 5 rings (SSSR count). The second-order valence-corrected chi connectivity index (χ2v) is 10.9. The minimum atomic E-state index is -0.975. The highest BCUT2D eigenvalue weighted by molar-refractivity contribution is 6.48. The Morgan fingerprint density at radius 3 is 2.50 bits per heavy atom. The minimum absolute atomic E-state index is 0. The zero-order chi connectivity index (χ0) is 21.2. The summed E-state index contributed by atoms with van der Waals surface area (Å²) in [6, 6.07) is 7.66. The monoisotopic (exact) mass is 454 g/mol. The first kappa shape index (κ1) is 23.9. The molecule has 3 saturated carbocycles. The summed E-state index contributed by atoms with van der Waals surface area (Å²) in [5.41, 5.74) is 6.08. The van der Waals surface area contributed by atoms with Gasteiger partial charge < -0.3 is 20.4 Å². The van der Waals surface area contributed by atoms with E-state index in [0.29, 0.717) is 23.3 Å². The Labute approximate surface area is 191 Å². The van der Waals surface area contributed by atoms with Crippen LogP contribution in [0.1, 0.15) is 53.0 Å². The van der Waals surface area contributed by atoms with Crippen molar-refractivity contribution in [2.75, 3.05) is 0 Å². The van der Waals surface area contributed by atoms with Gasteiger partial charge in [-0.3, -0.25) is 4.79 Å². The van der Waals surface area contributed by atoms with E-state index in [4.69, 9.17) is 26.6 Å². The molecule has 5 atom stereocenters. The molecule has 1 aliphatic heterocycles. The van der Waals surface area contributed by atoms with Crippen molar-refractivity contribution in [3.63, 3.8) is 0 Å². The van der Waals surface area contributed by atoms with Crippen molar-refractivity contribution in [2.24, 2.45) is 23.0 Å². The Kier molecular flexibility index (Phi) is 6.34. The van der Waals surface area contributed by atoms with Gasteiger partial charge in [-0.05, 0) is 75.0 Å². The van der Waals surface area contributed by atoms with Gasteiger partial charge in [0.1, 0.15) is 0 Å². The molecule has 5 nitrogen and oxygen atoms in total. The molecule has 3 N–H and O–H groups in total. The van der Waals surface area contributed by atoms with Crippen LogP contribution in [0.5, 0.6) is 0 Å². The zero-order valence-electron chi connectivity index (χ0n) is 18.4. The number of rotatable bonds is 5. The third-order valence-corrected chi connectivity index (χ3v) is 7.82. The standard InChI is InChI=1S/C22H32BClN2O3.ClH/c1-20(2)14-11-16(20)22(5)17(12-14)28-23(29-22)18(26-19(27)21(3,4)25)10-13-6-8-15(24)9-7-13;/h6-9,14,16-18H,10-12,25H2,1-5H3,(H,26,27);1H/t14-,16-,17+,18-,22-;/m0./s1. The van der Waals surface area contributed by atoms with Crippen molar-refractivity contribution in [2.45, 2.75) is 77.1 Å². The normalized spacial score (nSPS) is 32.5. The smallest absolute Gasteiger partial charge is 0.404 e. The number of amides is 1. The molecule has 1 heterocycles. The molecule has 0 unspecified atom stereocenters. The highest BCUT2D eigenvalue weighted by atomic mass is 35.5. The molecule has 30 heavy (non-hydrogen) atoms. The largest absolute Gasteiger partial charge is 0.482 e. The lowest BCUT2D eigenvalue weighted by molar-refractivity contribution is -0.199. The number of halogens is 2. The van der Waals surface area contributed by atoms with E-state index in [0.717, 1.165) is 12.0 Å². The van der Waals surface area contributed by atoms with Gasteiger partial charge in [0.15, 0.2) is 0 Å². The number of hydrogen-bond acceptors (Lipinski definition) is 4. The molecule has 8 heteroatoms. The van der Waals surface area contributed by atoms with E-state index in [9.17, 15) is 4.79 Å². The summed E-state index contributed by atoms with van der Waals surface area (Å²) in [6.45, 7) is 10.3. The maximum atomic E-state index is 12.7. The maximum Gasteiger partial charge on any atom is 0.482 e. The molecule has 0 radical (unpaired) electrons. The quantitative estimate of drug-likeness (QED) is 0.663. The Bertz CT molecular complexity index is 799. The third-order valence-electron chi connectivity index (χ3n) is 7.57. The fourth-order valence-corrected chi connectivity index (χ4v) is 5.64. The van der Waals surface area contributed by atoms with Crippen molar-refractivity contribution >= 4 is 37.0 Å². The molecule has 1 amide bonds. The molecule has 0 spiro atoms. The molecule has 2 bridgehead atoms. The highest BCUT2D eigenvalue weighted by Gasteiger charge is 2.68. The first-order chi connectivity index (χ1) is 13.4. The zero-order valence-corrected chi connectivity index (χ0v) is 20.0. The van der Waals surface area contributed by atoms with Gasteiger partial charge in [-0.25, -0.2) is 0 Å². The Hall–Kier alpha value is -0.785. The predicted octanol–water partition coefficient (Wildman–Crippen LogP) is 3.79. The molecule has 1 aromatic rings. The van der Waals surface area contributed by atoms with Gasteiger partial charge in [0.05, 0.1) is 23.2 Å². The maximum absolute atomic E-state index is 12.7. The number of benzene rings is 1. The number of hydrogen-bond donors (Lipinski definition) is 2. The van der Waals surface area contributed by atoms with E-state index in [1.54, 1.807) is 13.8 Å². The van der Waals surface area contributed by atoms with Gasteiger partial charge in [-0.15, -0.1) is 12.4 Å². The Balaban J connectivity index is 0.00000256. The molecule has 1 aromatic carbocycles. The molecule has 166 valence electrons. The number of carbonyl (C=O) groups excluding carboxylic acids is 1. The van der Waals surface area contributed by atoms with Gasteiger partial charge in [0.25, 0.3) is 0 Å². The van der Waals surface area contributed by atoms with Crippen LogP contribution >= 0.6 is 24.0 Å². The number of nitrogens with one attached hydrogen (secondary N) is 1. The lowest BCUT2D eigenvalue weighted by Crippen LogP contribution is -2.65. The molecule has 4 aliphatic rings. The molecule has 4 fully saturated rings. The van der Waals surface area contributed by atoms with Crippen LogP contribution < -0.4 is 11.1 Å². The highest BCUT2D eigenvalue weighted by Crippen LogP contribution is 2.65. The first-order valence-electron chi connectivity index (χ1n) is 10.6. The summed E-state index contributed by atoms with van der Waals surface area (Å²) in [5, 5.41) is 3.78. The average Bonchev–Trinajstić information content (AvgIpc) is 2.98. The Morgan fingerprint density at radius 1 is 1.30 bits per heavy atom. The SMILES string of the molecule is CC(C)(N)C(=O)N[C@@H](Cc1ccc(Cl)cc1)B1O[C@@H]2C[C@@H]3C[C@@H](C3(C)C)[C@]2(C)O1.Cl. The average molecular weight is 455 g/mol. The van der Waals surface area contributed by atoms with Crippen LogP contribution in [0.4, 0.5) is 0 Å². The summed E-state index contributed by atoms with van der Waals surface area (Å²) >= 11 is 6.03. The summed E-state index contributed by atoms with van der Waals surface area (Å²) in [7, 11) is -0.498. The van der Waals surface area contributed by atoms with Crippen LogP contribution in [0.15, 0.2) is 24.3 Å². The second-order valence-electron chi connectivity index (χ2n) is 10.5.